The highest BCUT2D eigenvalue weighted by Gasteiger charge is 2.29. The highest BCUT2D eigenvalue weighted by Crippen LogP contribution is 2.33. The molecule has 0 unspecified atom stereocenters. The number of nitrogens with one attached hydrogen (secondary N) is 1. The quantitative estimate of drug-likeness (QED) is 0.911. The molecule has 0 spiro atoms. The van der Waals surface area contributed by atoms with Gasteiger partial charge in [-0.15, -0.1) is 0 Å². The van der Waals surface area contributed by atoms with Crippen LogP contribution in [0.4, 0.5) is 5.69 Å². The molecule has 1 atom stereocenters. The van der Waals surface area contributed by atoms with Crippen LogP contribution in [0.1, 0.15) is 29.2 Å². The van der Waals surface area contributed by atoms with E-state index >= 15 is 0 Å². The number of ether oxygens (including phenoxy) is 1. The van der Waals surface area contributed by atoms with Crippen molar-refractivity contribution >= 4 is 17.5 Å². The zero-order valence-electron chi connectivity index (χ0n) is 13.1. The van der Waals surface area contributed by atoms with E-state index in [2.05, 4.69) is 10.4 Å². The van der Waals surface area contributed by atoms with Gasteiger partial charge in [0.2, 0.25) is 0 Å². The molecule has 2 aliphatic rings. The van der Waals surface area contributed by atoms with Crippen LogP contribution in [0.15, 0.2) is 36.7 Å². The topological polar surface area (TPSA) is 76.5 Å². The molecule has 2 aromatic rings. The number of aromatic nitrogens is 2. The van der Waals surface area contributed by atoms with E-state index in [0.29, 0.717) is 30.1 Å². The van der Waals surface area contributed by atoms with Gasteiger partial charge in [0.1, 0.15) is 0 Å². The average Bonchev–Trinajstić information content (AvgIpc) is 3.15. The number of nitrogens with zero attached hydrogens (tertiary/aromatic N) is 3. The minimum Gasteiger partial charge on any atom is -0.481 e. The van der Waals surface area contributed by atoms with Crippen molar-refractivity contribution < 1.29 is 14.3 Å². The number of hydrogen-bond acceptors (Lipinski definition) is 4. The van der Waals surface area contributed by atoms with Crippen LogP contribution in [-0.4, -0.2) is 46.2 Å². The number of hydrogen-bond donors (Lipinski definition) is 1. The summed E-state index contributed by atoms with van der Waals surface area (Å²) in [6, 6.07) is 7.33. The van der Waals surface area contributed by atoms with E-state index in [1.807, 2.05) is 21.8 Å². The van der Waals surface area contributed by atoms with Gasteiger partial charge in [0.05, 0.1) is 17.3 Å². The van der Waals surface area contributed by atoms with Crippen molar-refractivity contribution in [3.8, 4) is 5.75 Å². The Morgan fingerprint density at radius 2 is 2.25 bits per heavy atom. The molecule has 0 bridgehead atoms. The minimum atomic E-state index is -0.205. The second-order valence-corrected chi connectivity index (χ2v) is 6.05. The maximum absolute atomic E-state index is 13.0. The van der Waals surface area contributed by atoms with Gasteiger partial charge < -0.3 is 15.0 Å². The number of carbonyl (C=O) groups excluding carboxylic acids is 2. The highest BCUT2D eigenvalue weighted by atomic mass is 16.5. The van der Waals surface area contributed by atoms with Crippen LogP contribution < -0.4 is 10.1 Å². The van der Waals surface area contributed by atoms with Gasteiger partial charge in [0.15, 0.2) is 12.4 Å². The van der Waals surface area contributed by atoms with Gasteiger partial charge in [-0.2, -0.15) is 5.10 Å². The Bertz CT molecular complexity index is 772. The van der Waals surface area contributed by atoms with Crippen LogP contribution in [0.3, 0.4) is 0 Å². The number of likely N-dealkylation sites (tertiary alicyclic amines) is 1. The minimum absolute atomic E-state index is 0.0623. The van der Waals surface area contributed by atoms with Gasteiger partial charge in [-0.05, 0) is 31.0 Å². The van der Waals surface area contributed by atoms with Crippen molar-refractivity contribution in [3.63, 3.8) is 0 Å². The van der Waals surface area contributed by atoms with E-state index in [0.717, 1.165) is 12.8 Å². The first kappa shape index (κ1) is 14.7. The molecule has 1 N–H and O–H groups in total. The lowest BCUT2D eigenvalue weighted by atomic mass is 10.0. The van der Waals surface area contributed by atoms with Crippen molar-refractivity contribution in [3.05, 3.63) is 42.2 Å². The Kier molecular flexibility index (Phi) is 3.68. The number of piperidine rings is 1. The summed E-state index contributed by atoms with van der Waals surface area (Å²) in [5, 5.41) is 7.03. The highest BCUT2D eigenvalue weighted by molar-refractivity contribution is 6.03. The van der Waals surface area contributed by atoms with Gasteiger partial charge in [-0.25, -0.2) is 0 Å². The molecule has 4 rings (SSSR count). The SMILES string of the molecule is O=C1COc2c(cccc2C(=O)N2CCC[C@H](n3cccn3)C2)N1. The monoisotopic (exact) mass is 326 g/mol. The summed E-state index contributed by atoms with van der Waals surface area (Å²) in [6.45, 7) is 1.27. The summed E-state index contributed by atoms with van der Waals surface area (Å²) in [7, 11) is 0. The molecule has 1 fully saturated rings. The summed E-state index contributed by atoms with van der Waals surface area (Å²) in [6.07, 6.45) is 5.63. The Labute approximate surface area is 139 Å². The van der Waals surface area contributed by atoms with Gasteiger partial charge in [0.25, 0.3) is 11.8 Å². The lowest BCUT2D eigenvalue weighted by Crippen LogP contribution is -2.41. The molecule has 0 saturated carbocycles. The summed E-state index contributed by atoms with van der Waals surface area (Å²) >= 11 is 0. The predicted molar refractivity (Wildman–Crippen MR) is 87.0 cm³/mol. The van der Waals surface area contributed by atoms with E-state index in [-0.39, 0.29) is 24.5 Å². The molecule has 1 saturated heterocycles. The fraction of sp³-hybridized carbons (Fsp3) is 0.353. The third-order valence-corrected chi connectivity index (χ3v) is 4.45. The molecule has 1 aromatic carbocycles. The summed E-state index contributed by atoms with van der Waals surface area (Å²) in [5.74, 6) is 0.187. The van der Waals surface area contributed by atoms with Gasteiger partial charge >= 0.3 is 0 Å². The molecule has 2 aliphatic heterocycles. The Morgan fingerprint density at radius 1 is 1.33 bits per heavy atom. The van der Waals surface area contributed by atoms with Crippen molar-refractivity contribution in [1.82, 2.24) is 14.7 Å². The molecule has 7 heteroatoms. The molecular weight excluding hydrogens is 308 g/mol. The van der Waals surface area contributed by atoms with Crippen LogP contribution in [0.25, 0.3) is 0 Å². The fourth-order valence-corrected chi connectivity index (χ4v) is 3.31. The van der Waals surface area contributed by atoms with E-state index in [4.69, 9.17) is 4.74 Å². The number of fused-ring (bicyclic) bond motifs is 1. The Balaban J connectivity index is 1.58. The smallest absolute Gasteiger partial charge is 0.262 e. The van der Waals surface area contributed by atoms with Crippen LogP contribution in [-0.2, 0) is 4.79 Å². The number of benzene rings is 1. The van der Waals surface area contributed by atoms with E-state index in [9.17, 15) is 9.59 Å². The van der Waals surface area contributed by atoms with E-state index in [1.54, 1.807) is 24.4 Å². The molecular formula is C17H18N4O3. The second-order valence-electron chi connectivity index (χ2n) is 6.05. The van der Waals surface area contributed by atoms with Gasteiger partial charge in [0, 0.05) is 25.5 Å². The number of amides is 2. The Morgan fingerprint density at radius 3 is 3.08 bits per heavy atom. The van der Waals surface area contributed by atoms with E-state index in [1.165, 1.54) is 0 Å². The zero-order chi connectivity index (χ0) is 16.5. The van der Waals surface area contributed by atoms with Crippen LogP contribution in [0.2, 0.25) is 0 Å². The van der Waals surface area contributed by atoms with E-state index < -0.39 is 0 Å². The lowest BCUT2D eigenvalue weighted by Gasteiger charge is -2.33. The fourth-order valence-electron chi connectivity index (χ4n) is 3.31. The maximum atomic E-state index is 13.0. The van der Waals surface area contributed by atoms with Crippen LogP contribution in [0, 0.1) is 0 Å². The Hall–Kier alpha value is -2.83. The second kappa shape index (κ2) is 5.99. The molecule has 0 aliphatic carbocycles. The zero-order valence-corrected chi connectivity index (χ0v) is 13.1. The van der Waals surface area contributed by atoms with Crippen molar-refractivity contribution in [2.45, 2.75) is 18.9 Å². The largest absolute Gasteiger partial charge is 0.481 e. The molecule has 1 aromatic heterocycles. The average molecular weight is 326 g/mol. The van der Waals surface area contributed by atoms with Gasteiger partial charge in [-0.1, -0.05) is 6.07 Å². The van der Waals surface area contributed by atoms with Crippen molar-refractivity contribution in [1.29, 1.82) is 0 Å². The molecule has 0 radical (unpaired) electrons. The summed E-state index contributed by atoms with van der Waals surface area (Å²) in [4.78, 5) is 26.3. The van der Waals surface area contributed by atoms with Crippen molar-refractivity contribution in [2.24, 2.45) is 0 Å². The first-order chi connectivity index (χ1) is 11.7. The van der Waals surface area contributed by atoms with Crippen LogP contribution >= 0.6 is 0 Å². The maximum Gasteiger partial charge on any atom is 0.262 e. The standard InChI is InChI=1S/C17H18N4O3/c22-15-11-24-16-13(5-1-6-14(16)19-15)17(23)20-8-2-4-12(10-20)21-9-3-7-18-21/h1,3,5-7,9,12H,2,4,8,10-11H2,(H,19,22)/t12-/m0/s1. The number of rotatable bonds is 2. The first-order valence-electron chi connectivity index (χ1n) is 8.06. The molecule has 2 amide bonds. The molecule has 124 valence electrons. The summed E-state index contributed by atoms with van der Waals surface area (Å²) in [5.41, 5.74) is 1.05. The number of anilines is 1. The van der Waals surface area contributed by atoms with Crippen LogP contribution in [0.5, 0.6) is 5.75 Å². The third-order valence-electron chi connectivity index (χ3n) is 4.45. The number of para-hydroxylation sites is 1. The lowest BCUT2D eigenvalue weighted by molar-refractivity contribution is -0.118. The molecule has 24 heavy (non-hydrogen) atoms. The molecule has 3 heterocycles. The molecule has 7 nitrogen and oxygen atoms in total. The van der Waals surface area contributed by atoms with Crippen molar-refractivity contribution in [2.75, 3.05) is 25.0 Å². The first-order valence-corrected chi connectivity index (χ1v) is 8.06. The third kappa shape index (κ3) is 2.62. The number of carbonyl (C=O) groups is 2. The predicted octanol–water partition coefficient (Wildman–Crippen LogP) is 1.69. The normalized spacial score (nSPS) is 20.1. The summed E-state index contributed by atoms with van der Waals surface area (Å²) < 4.78 is 7.41. The van der Waals surface area contributed by atoms with Gasteiger partial charge in [-0.3, -0.25) is 14.3 Å².